The number of H-pyrrole nitrogens is 5. The molecule has 16 heavy (non-hydrogen) atoms. The average molecular weight is 222 g/mol. The van der Waals surface area contributed by atoms with Crippen molar-refractivity contribution in [3.05, 3.63) is 6.20 Å². The highest BCUT2D eigenvalue weighted by Crippen LogP contribution is 2.04. The van der Waals surface area contributed by atoms with E-state index in [0.29, 0.717) is 17.5 Å². The fourth-order valence-corrected chi connectivity index (χ4v) is 1.07. The maximum atomic E-state index is 3.80. The predicted octanol–water partition coefficient (Wildman–Crippen LogP) is -1.72. The number of aromatic nitrogens is 12. The molecule has 0 aliphatic rings. The van der Waals surface area contributed by atoms with Crippen LogP contribution in [0.15, 0.2) is 6.20 Å². The second-order valence-electron chi connectivity index (χ2n) is 2.71. The lowest BCUT2D eigenvalue weighted by Crippen LogP contribution is -2.09. The van der Waals surface area contributed by atoms with Crippen LogP contribution in [0.2, 0.25) is 0 Å². The summed E-state index contributed by atoms with van der Waals surface area (Å²) in [5, 5.41) is 35.1. The van der Waals surface area contributed by atoms with Crippen LogP contribution in [0.25, 0.3) is 17.5 Å². The molecule has 3 rings (SSSR count). The van der Waals surface area contributed by atoms with E-state index in [9.17, 15) is 0 Å². The number of nitrogens with one attached hydrogen (secondary N) is 5. The molecule has 3 aromatic rings. The quantitative estimate of drug-likeness (QED) is 0.346. The van der Waals surface area contributed by atoms with E-state index >= 15 is 0 Å². The van der Waals surface area contributed by atoms with Crippen molar-refractivity contribution in [2.45, 2.75) is 0 Å². The molecule has 0 unspecified atom stereocenters. The first-order valence-electron chi connectivity index (χ1n) is 4.19. The Balaban J connectivity index is 1.97. The summed E-state index contributed by atoms with van der Waals surface area (Å²) in [6.45, 7) is 0. The minimum absolute atomic E-state index is 0.330. The number of hydrogen-bond donors (Lipinski definition) is 5. The number of rotatable bonds is 2. The fourth-order valence-electron chi connectivity index (χ4n) is 1.07. The molecule has 0 saturated carbocycles. The van der Waals surface area contributed by atoms with Gasteiger partial charge in [0.25, 0.3) is 0 Å². The Bertz CT molecular complexity index is 496. The third-order valence-electron chi connectivity index (χ3n) is 1.76. The Kier molecular flexibility index (Phi) is 1.75. The molecule has 0 atom stereocenters. The zero-order chi connectivity index (χ0) is 10.8. The van der Waals surface area contributed by atoms with E-state index < -0.39 is 0 Å². The molecule has 82 valence electrons. The molecule has 0 bridgehead atoms. The monoisotopic (exact) mass is 222 g/mol. The molecular weight excluding hydrogens is 216 g/mol. The molecule has 0 aliphatic heterocycles. The van der Waals surface area contributed by atoms with Crippen molar-refractivity contribution < 1.29 is 0 Å². The van der Waals surface area contributed by atoms with Gasteiger partial charge >= 0.3 is 5.95 Å². The summed E-state index contributed by atoms with van der Waals surface area (Å²) >= 11 is 0. The van der Waals surface area contributed by atoms with Crippen LogP contribution in [0.1, 0.15) is 0 Å². The van der Waals surface area contributed by atoms with Crippen LogP contribution >= 0.6 is 0 Å². The summed E-state index contributed by atoms with van der Waals surface area (Å²) in [5.41, 5.74) is 0.619. The van der Waals surface area contributed by atoms with Crippen LogP contribution < -0.4 is 0 Å². The van der Waals surface area contributed by atoms with Crippen LogP contribution in [-0.2, 0) is 0 Å². The first-order chi connectivity index (χ1) is 7.93. The number of hydrogen-bond acceptors (Lipinski definition) is 6. The van der Waals surface area contributed by atoms with Gasteiger partial charge in [0.2, 0.25) is 5.82 Å². The maximum absolute atomic E-state index is 3.80. The topological polar surface area (TPSA) is 161 Å². The Morgan fingerprint density at radius 2 is 1.94 bits per heavy atom. The van der Waals surface area contributed by atoms with E-state index in [1.54, 1.807) is 6.20 Å². The third kappa shape index (κ3) is 1.33. The van der Waals surface area contributed by atoms with E-state index in [-0.39, 0.29) is 0 Å². The highest BCUT2D eigenvalue weighted by atomic mass is 15.6. The largest absolute Gasteiger partial charge is 0.305 e. The van der Waals surface area contributed by atoms with Crippen LogP contribution in [-0.4, -0.2) is 61.5 Å². The lowest BCUT2D eigenvalue weighted by molar-refractivity contribution is 0.609. The lowest BCUT2D eigenvalue weighted by atomic mass is 10.5. The Morgan fingerprint density at radius 3 is 2.56 bits per heavy atom. The van der Waals surface area contributed by atoms with E-state index in [1.165, 1.54) is 4.80 Å². The summed E-state index contributed by atoms with van der Waals surface area (Å²) in [4.78, 5) is 1.41. The normalized spacial score (nSPS) is 10.5. The van der Waals surface area contributed by atoms with Crippen LogP contribution in [0, 0.1) is 0 Å². The summed E-state index contributed by atoms with van der Waals surface area (Å²) in [6.07, 6.45) is 1.62. The fraction of sp³-hybridized carbons (Fsp3) is 0. The van der Waals surface area contributed by atoms with Gasteiger partial charge in [0.1, 0.15) is 5.69 Å². The highest BCUT2D eigenvalue weighted by molar-refractivity contribution is 5.43. The van der Waals surface area contributed by atoms with Gasteiger partial charge in [-0.2, -0.15) is 10.4 Å². The van der Waals surface area contributed by atoms with Gasteiger partial charge < -0.3 is 0 Å². The second kappa shape index (κ2) is 3.34. The van der Waals surface area contributed by atoms with Gasteiger partial charge in [-0.15, -0.1) is 20.1 Å². The number of nitrogens with zero attached hydrogens (tertiary/aromatic N) is 7. The van der Waals surface area contributed by atoms with Crippen molar-refractivity contribution in [3.8, 4) is 17.5 Å². The maximum Gasteiger partial charge on any atom is 0.305 e. The molecule has 0 aliphatic carbocycles. The summed E-state index contributed by atoms with van der Waals surface area (Å²) < 4.78 is 0. The Morgan fingerprint density at radius 1 is 1.06 bits per heavy atom. The van der Waals surface area contributed by atoms with Crippen molar-refractivity contribution in [1.29, 1.82) is 0 Å². The molecule has 0 amide bonds. The average Bonchev–Trinajstić information content (AvgIpc) is 3.03. The first-order valence-corrected chi connectivity index (χ1v) is 4.19. The van der Waals surface area contributed by atoms with E-state index in [1.807, 2.05) is 0 Å². The van der Waals surface area contributed by atoms with Crippen molar-refractivity contribution >= 4 is 0 Å². The van der Waals surface area contributed by atoms with Crippen molar-refractivity contribution in [2.75, 3.05) is 0 Å². The Hall–Kier alpha value is -2.92. The highest BCUT2D eigenvalue weighted by Gasteiger charge is 2.04. The van der Waals surface area contributed by atoms with E-state index in [0.717, 1.165) is 0 Å². The standard InChI is InChI=1S/C4H6N12/c1-2(3-7-11-12-8-3)6-15-16(5-1)4-9-13-14-10-4/h1,5-6,15H,(H,7,8,11,12)(H,9,10,13,14). The van der Waals surface area contributed by atoms with Crippen LogP contribution in [0.3, 0.4) is 0 Å². The van der Waals surface area contributed by atoms with Gasteiger partial charge in [-0.25, -0.2) is 5.21 Å². The van der Waals surface area contributed by atoms with Crippen molar-refractivity contribution in [2.24, 2.45) is 0 Å². The summed E-state index contributed by atoms with van der Waals surface area (Å²) in [6, 6.07) is 0. The Labute approximate surface area is 86.1 Å². The molecule has 0 saturated heterocycles. The van der Waals surface area contributed by atoms with Gasteiger partial charge in [0, 0.05) is 6.20 Å². The molecule has 12 nitrogen and oxygen atoms in total. The molecule has 0 fully saturated rings. The molecule has 5 N–H and O–H groups in total. The minimum Gasteiger partial charge on any atom is -0.280 e. The number of aromatic amines is 5. The zero-order valence-corrected chi connectivity index (χ0v) is 7.71. The zero-order valence-electron chi connectivity index (χ0n) is 7.71. The molecule has 0 radical (unpaired) electrons. The van der Waals surface area contributed by atoms with Gasteiger partial charge in [0.05, 0.1) is 0 Å². The molecular formula is C4H6N12. The molecule has 12 heteroatoms. The van der Waals surface area contributed by atoms with Gasteiger partial charge in [-0.05, 0) is 10.4 Å². The molecule has 0 aromatic carbocycles. The predicted molar refractivity (Wildman–Crippen MR) is 47.4 cm³/mol. The van der Waals surface area contributed by atoms with Gasteiger partial charge in [0.15, 0.2) is 0 Å². The van der Waals surface area contributed by atoms with Gasteiger partial charge in [-0.3, -0.25) is 10.2 Å². The first kappa shape index (κ1) is 8.39. The van der Waals surface area contributed by atoms with E-state index in [2.05, 4.69) is 56.7 Å². The SMILES string of the molecule is c1[nH]n(-c2nn[nH]n2)[nH][nH]c1-c1nn[nH]n1. The van der Waals surface area contributed by atoms with Crippen LogP contribution in [0.4, 0.5) is 0 Å². The second-order valence-corrected chi connectivity index (χ2v) is 2.71. The minimum atomic E-state index is 0.330. The van der Waals surface area contributed by atoms with Crippen molar-refractivity contribution in [1.82, 2.24) is 61.5 Å². The van der Waals surface area contributed by atoms with E-state index in [4.69, 9.17) is 0 Å². The molecule has 0 spiro atoms. The smallest absolute Gasteiger partial charge is 0.280 e. The van der Waals surface area contributed by atoms with Gasteiger partial charge in [-0.1, -0.05) is 5.10 Å². The summed E-state index contributed by atoms with van der Waals surface area (Å²) in [5.74, 6) is 0.753. The lowest BCUT2D eigenvalue weighted by Gasteiger charge is -2.02. The van der Waals surface area contributed by atoms with Crippen LogP contribution in [0.5, 0.6) is 0 Å². The number of tetrazole rings is 2. The van der Waals surface area contributed by atoms with Crippen molar-refractivity contribution in [3.63, 3.8) is 0 Å². The molecule has 3 aromatic heterocycles. The molecule has 3 heterocycles. The summed E-state index contributed by atoms with van der Waals surface area (Å²) in [7, 11) is 0. The third-order valence-corrected chi connectivity index (χ3v) is 1.76.